The van der Waals surface area contributed by atoms with Crippen LogP contribution in [-0.4, -0.2) is 17.1 Å². The van der Waals surface area contributed by atoms with Gasteiger partial charge in [-0.15, -0.1) is 0 Å². The fourth-order valence-electron chi connectivity index (χ4n) is 4.44. The molecule has 4 rings (SSSR count). The zero-order valence-corrected chi connectivity index (χ0v) is 11.2. The van der Waals surface area contributed by atoms with Crippen LogP contribution in [0.4, 0.5) is 0 Å². The highest BCUT2D eigenvalue weighted by Gasteiger charge is 2.65. The highest BCUT2D eigenvalue weighted by atomic mass is 35.5. The van der Waals surface area contributed by atoms with Crippen LogP contribution in [0.25, 0.3) is 0 Å². The molecule has 0 heterocycles. The van der Waals surface area contributed by atoms with Crippen LogP contribution >= 0.6 is 11.6 Å². The fourth-order valence-corrected chi connectivity index (χ4v) is 4.61. The van der Waals surface area contributed by atoms with Crippen LogP contribution in [0.3, 0.4) is 0 Å². The molecule has 3 aliphatic carbocycles. The summed E-state index contributed by atoms with van der Waals surface area (Å²) in [7, 11) is 0. The van der Waals surface area contributed by atoms with Gasteiger partial charge in [0.15, 0.2) is 0 Å². The maximum atomic E-state index is 12.2. The van der Waals surface area contributed by atoms with E-state index in [1.807, 2.05) is 0 Å². The first-order valence-corrected chi connectivity index (χ1v) is 7.32. The first-order valence-electron chi connectivity index (χ1n) is 6.94. The van der Waals surface area contributed by atoms with Crippen molar-refractivity contribution in [1.82, 2.24) is 5.32 Å². The minimum Gasteiger partial charge on any atom is -0.507 e. The number of nitrogens with one attached hydrogen (secondary N) is 1. The van der Waals surface area contributed by atoms with Crippen molar-refractivity contribution in [3.63, 3.8) is 0 Å². The molecule has 0 saturated heterocycles. The molecule has 1 aromatic rings. The molecule has 0 radical (unpaired) electrons. The summed E-state index contributed by atoms with van der Waals surface area (Å²) in [6.07, 6.45) is 4.03. The average molecular weight is 278 g/mol. The van der Waals surface area contributed by atoms with Gasteiger partial charge in [0.2, 0.25) is 0 Å². The highest BCUT2D eigenvalue weighted by Crippen LogP contribution is 2.65. The molecule has 0 aliphatic heterocycles. The van der Waals surface area contributed by atoms with Crippen molar-refractivity contribution in [3.05, 3.63) is 28.8 Å². The number of benzene rings is 1. The lowest BCUT2D eigenvalue weighted by Crippen LogP contribution is -2.29. The molecule has 100 valence electrons. The van der Waals surface area contributed by atoms with E-state index in [4.69, 9.17) is 11.6 Å². The molecule has 1 aromatic carbocycles. The quantitative estimate of drug-likeness (QED) is 0.873. The number of amides is 1. The summed E-state index contributed by atoms with van der Waals surface area (Å²) in [5, 5.41) is 13.3. The number of phenols is 1. The molecule has 2 bridgehead atoms. The predicted octanol–water partition coefficient (Wildman–Crippen LogP) is 2.82. The van der Waals surface area contributed by atoms with E-state index in [-0.39, 0.29) is 17.2 Å². The van der Waals surface area contributed by atoms with Crippen LogP contribution in [-0.2, 0) is 0 Å². The second-order valence-corrected chi connectivity index (χ2v) is 6.59. The molecule has 4 unspecified atom stereocenters. The molecule has 3 fully saturated rings. The maximum absolute atomic E-state index is 12.2. The van der Waals surface area contributed by atoms with Crippen LogP contribution in [0.15, 0.2) is 18.2 Å². The summed E-state index contributed by atoms with van der Waals surface area (Å²) in [5.74, 6) is 2.85. The average Bonchev–Trinajstić information content (AvgIpc) is 2.80. The Kier molecular flexibility index (Phi) is 2.37. The van der Waals surface area contributed by atoms with Crippen molar-refractivity contribution >= 4 is 17.5 Å². The zero-order valence-electron chi connectivity index (χ0n) is 10.5. The van der Waals surface area contributed by atoms with Crippen LogP contribution < -0.4 is 5.32 Å². The largest absolute Gasteiger partial charge is 0.507 e. The third-order valence-corrected chi connectivity index (χ3v) is 5.47. The minimum atomic E-state index is -0.196. The smallest absolute Gasteiger partial charge is 0.255 e. The molecule has 1 amide bonds. The number of carbonyl (C=O) groups is 1. The van der Waals surface area contributed by atoms with E-state index in [1.165, 1.54) is 31.4 Å². The molecular weight excluding hydrogens is 262 g/mol. The van der Waals surface area contributed by atoms with E-state index >= 15 is 0 Å². The van der Waals surface area contributed by atoms with E-state index in [2.05, 4.69) is 5.32 Å². The van der Waals surface area contributed by atoms with Gasteiger partial charge in [-0.05, 0) is 61.1 Å². The van der Waals surface area contributed by atoms with Crippen molar-refractivity contribution in [2.75, 3.05) is 0 Å². The summed E-state index contributed by atoms with van der Waals surface area (Å²) >= 11 is 5.87. The molecule has 3 nitrogen and oxygen atoms in total. The summed E-state index contributed by atoms with van der Waals surface area (Å²) in [6.45, 7) is 0. The molecule has 19 heavy (non-hydrogen) atoms. The SMILES string of the molecule is O=C(NC1C2C3CCC(C3)C12)c1cc(Cl)ccc1O. The molecule has 0 spiro atoms. The topological polar surface area (TPSA) is 49.3 Å². The van der Waals surface area contributed by atoms with E-state index in [0.29, 0.717) is 22.9 Å². The van der Waals surface area contributed by atoms with Crippen LogP contribution in [0, 0.1) is 23.7 Å². The van der Waals surface area contributed by atoms with Crippen molar-refractivity contribution in [2.45, 2.75) is 25.3 Å². The fraction of sp³-hybridized carbons (Fsp3) is 0.533. The summed E-state index contributed by atoms with van der Waals surface area (Å²) in [5.41, 5.74) is 0.282. The molecule has 4 atom stereocenters. The van der Waals surface area contributed by atoms with Gasteiger partial charge in [-0.25, -0.2) is 0 Å². The number of hydrogen-bond donors (Lipinski definition) is 2. The van der Waals surface area contributed by atoms with Crippen molar-refractivity contribution in [2.24, 2.45) is 23.7 Å². The molecule has 3 aliphatic rings. The van der Waals surface area contributed by atoms with Gasteiger partial charge in [-0.1, -0.05) is 11.6 Å². The third kappa shape index (κ3) is 1.68. The molecule has 0 aromatic heterocycles. The Morgan fingerprint density at radius 3 is 2.63 bits per heavy atom. The number of rotatable bonds is 2. The lowest BCUT2D eigenvalue weighted by Gasteiger charge is -2.11. The Balaban J connectivity index is 1.50. The highest BCUT2D eigenvalue weighted by molar-refractivity contribution is 6.31. The normalized spacial score (nSPS) is 38.1. The van der Waals surface area contributed by atoms with E-state index in [0.717, 1.165) is 11.8 Å². The number of fused-ring (bicyclic) bond motifs is 5. The van der Waals surface area contributed by atoms with Crippen molar-refractivity contribution in [1.29, 1.82) is 0 Å². The van der Waals surface area contributed by atoms with Crippen molar-refractivity contribution in [3.8, 4) is 5.75 Å². The van der Waals surface area contributed by atoms with Gasteiger partial charge in [0.05, 0.1) is 5.56 Å². The number of carbonyl (C=O) groups excluding carboxylic acids is 1. The predicted molar refractivity (Wildman–Crippen MR) is 72.2 cm³/mol. The van der Waals surface area contributed by atoms with Gasteiger partial charge in [0.25, 0.3) is 5.91 Å². The Morgan fingerprint density at radius 1 is 1.26 bits per heavy atom. The Hall–Kier alpha value is -1.22. The lowest BCUT2D eigenvalue weighted by atomic mass is 10.0. The summed E-state index contributed by atoms with van der Waals surface area (Å²) < 4.78 is 0. The number of phenolic OH excluding ortho intramolecular Hbond substituents is 1. The second kappa shape index (κ2) is 3.89. The minimum absolute atomic E-state index is 0.00400. The van der Waals surface area contributed by atoms with Gasteiger partial charge >= 0.3 is 0 Å². The van der Waals surface area contributed by atoms with Gasteiger partial charge < -0.3 is 10.4 Å². The van der Waals surface area contributed by atoms with Crippen molar-refractivity contribution < 1.29 is 9.90 Å². The lowest BCUT2D eigenvalue weighted by molar-refractivity contribution is 0.0941. The molecule has 3 saturated carbocycles. The van der Waals surface area contributed by atoms with Gasteiger partial charge in [0.1, 0.15) is 5.75 Å². The molecule has 4 heteroatoms. The third-order valence-electron chi connectivity index (χ3n) is 5.24. The van der Waals surface area contributed by atoms with Gasteiger partial charge in [0, 0.05) is 11.1 Å². The molecular formula is C15H16ClNO2. The Labute approximate surface area is 117 Å². The zero-order chi connectivity index (χ0) is 13.1. The Bertz CT molecular complexity index is 543. The maximum Gasteiger partial charge on any atom is 0.255 e. The number of aromatic hydroxyl groups is 1. The van der Waals surface area contributed by atoms with E-state index < -0.39 is 0 Å². The van der Waals surface area contributed by atoms with Gasteiger partial charge in [-0.2, -0.15) is 0 Å². The van der Waals surface area contributed by atoms with E-state index in [9.17, 15) is 9.90 Å². The molecule has 2 N–H and O–H groups in total. The number of halogens is 1. The second-order valence-electron chi connectivity index (χ2n) is 6.15. The Morgan fingerprint density at radius 2 is 1.95 bits per heavy atom. The summed E-state index contributed by atoms with van der Waals surface area (Å²) in [6, 6.07) is 4.91. The standard InChI is InChI=1S/C15H16ClNO2/c16-9-3-4-11(18)10(6-9)15(19)17-14-12-7-1-2-8(5-7)13(12)14/h3-4,6-8,12-14,18H,1-2,5H2,(H,17,19). The number of hydrogen-bond acceptors (Lipinski definition) is 2. The van der Waals surface area contributed by atoms with Crippen LogP contribution in [0.5, 0.6) is 5.75 Å². The van der Waals surface area contributed by atoms with E-state index in [1.54, 1.807) is 6.07 Å². The van der Waals surface area contributed by atoms with Gasteiger partial charge in [-0.3, -0.25) is 4.79 Å². The van der Waals surface area contributed by atoms with Crippen LogP contribution in [0.1, 0.15) is 29.6 Å². The van der Waals surface area contributed by atoms with Crippen LogP contribution in [0.2, 0.25) is 5.02 Å². The summed E-state index contributed by atoms with van der Waals surface area (Å²) in [4.78, 5) is 12.2. The monoisotopic (exact) mass is 277 g/mol. The first-order chi connectivity index (χ1) is 9.15. The first kappa shape index (κ1) is 11.6.